The van der Waals surface area contributed by atoms with Crippen LogP contribution in [0.15, 0.2) is 0 Å². The number of hydrogen-bond acceptors (Lipinski definition) is 12. The molecule has 0 aromatic carbocycles. The fourth-order valence-corrected chi connectivity index (χ4v) is 0. The van der Waals surface area contributed by atoms with Crippen molar-refractivity contribution in [2.24, 2.45) is 0 Å². The fourth-order valence-electron chi connectivity index (χ4n) is 0. The van der Waals surface area contributed by atoms with E-state index in [0.717, 1.165) is 21.3 Å². The Kier molecular flexibility index (Phi) is 17.2. The standard InChI is InChI=1S/3CH4O4S.Fe/c3*1-5-6(2,3)4;/h3*1H3,(H,2,3,4);/q;;;+3/p-3. The summed E-state index contributed by atoms with van der Waals surface area (Å²) in [4.78, 5) is 0. The normalized spacial score (nSPS) is 11.1. The minimum Gasteiger partial charge on any atom is -0.726 e. The summed E-state index contributed by atoms with van der Waals surface area (Å²) in [6.07, 6.45) is 0. The average Bonchev–Trinajstić information content (AvgIpc) is 2.16. The van der Waals surface area contributed by atoms with Gasteiger partial charge in [0.25, 0.3) is 0 Å². The molecule has 1 radical (unpaired) electrons. The molecule has 0 rings (SSSR count). The first-order valence-electron chi connectivity index (χ1n) is 3.22. The summed E-state index contributed by atoms with van der Waals surface area (Å²) in [7, 11) is -10.8. The van der Waals surface area contributed by atoms with E-state index in [0.29, 0.717) is 0 Å². The van der Waals surface area contributed by atoms with E-state index in [9.17, 15) is 38.9 Å². The van der Waals surface area contributed by atoms with Crippen molar-refractivity contribution in [2.45, 2.75) is 0 Å². The van der Waals surface area contributed by atoms with Crippen LogP contribution in [0, 0.1) is 0 Å². The largest absolute Gasteiger partial charge is 3.00 e. The van der Waals surface area contributed by atoms with Gasteiger partial charge < -0.3 is 13.7 Å². The Morgan fingerprint density at radius 1 is 0.579 bits per heavy atom. The van der Waals surface area contributed by atoms with Crippen LogP contribution in [0.2, 0.25) is 0 Å². The van der Waals surface area contributed by atoms with Gasteiger partial charge in [0, 0.05) is 0 Å². The quantitative estimate of drug-likeness (QED) is 0.275. The minimum atomic E-state index is -4.41. The van der Waals surface area contributed by atoms with E-state index in [2.05, 4.69) is 12.5 Å². The topological polar surface area (TPSA) is 199 Å². The van der Waals surface area contributed by atoms with Crippen LogP contribution < -0.4 is 0 Å². The van der Waals surface area contributed by atoms with Crippen molar-refractivity contribution < 1.29 is 68.5 Å². The molecular formula is C3H9FeO12S3. The van der Waals surface area contributed by atoms with Gasteiger partial charge in [-0.25, -0.2) is 25.3 Å². The predicted octanol–water partition coefficient (Wildman–Crippen LogP) is -2.72. The van der Waals surface area contributed by atoms with Crippen molar-refractivity contribution in [3.05, 3.63) is 0 Å². The molecule has 16 heteroatoms. The molecule has 0 aromatic rings. The molecule has 0 atom stereocenters. The Balaban J connectivity index is -0.0000000865. The van der Waals surface area contributed by atoms with Crippen LogP contribution in [0.25, 0.3) is 0 Å². The minimum absolute atomic E-state index is 0. The monoisotopic (exact) mass is 389 g/mol. The van der Waals surface area contributed by atoms with Gasteiger partial charge in [0.15, 0.2) is 0 Å². The van der Waals surface area contributed by atoms with Gasteiger partial charge in [0.1, 0.15) is 0 Å². The molecule has 0 saturated carbocycles. The second-order valence-corrected chi connectivity index (χ2v) is 5.17. The Morgan fingerprint density at radius 2 is 0.632 bits per heavy atom. The molecule has 0 aliphatic heterocycles. The van der Waals surface area contributed by atoms with Crippen molar-refractivity contribution in [1.82, 2.24) is 0 Å². The molecule has 12 nitrogen and oxygen atoms in total. The van der Waals surface area contributed by atoms with Crippen LogP contribution in [-0.4, -0.2) is 60.2 Å². The molecule has 19 heavy (non-hydrogen) atoms. The van der Waals surface area contributed by atoms with Gasteiger partial charge in [-0.2, -0.15) is 0 Å². The van der Waals surface area contributed by atoms with Crippen LogP contribution >= 0.6 is 0 Å². The van der Waals surface area contributed by atoms with E-state index < -0.39 is 31.2 Å². The van der Waals surface area contributed by atoms with E-state index in [4.69, 9.17) is 0 Å². The summed E-state index contributed by atoms with van der Waals surface area (Å²) in [5.41, 5.74) is 0. The Labute approximate surface area is 121 Å². The first-order chi connectivity index (χ1) is 7.68. The zero-order valence-electron chi connectivity index (χ0n) is 9.48. The maximum atomic E-state index is 9.22. The van der Waals surface area contributed by atoms with Gasteiger partial charge in [-0.3, -0.25) is 12.5 Å². The summed E-state index contributed by atoms with van der Waals surface area (Å²) in [5, 5.41) is 0. The molecule has 0 unspecified atom stereocenters. The summed E-state index contributed by atoms with van der Waals surface area (Å²) in [6, 6.07) is 0. The molecule has 0 saturated heterocycles. The van der Waals surface area contributed by atoms with Crippen LogP contribution in [0.4, 0.5) is 0 Å². The number of hydrogen-bond donors (Lipinski definition) is 0. The van der Waals surface area contributed by atoms with Gasteiger partial charge in [0.05, 0.1) is 21.3 Å². The van der Waals surface area contributed by atoms with Crippen LogP contribution in [0.5, 0.6) is 0 Å². The third-order valence-corrected chi connectivity index (χ3v) is 1.84. The second-order valence-electron chi connectivity index (χ2n) is 1.72. The van der Waals surface area contributed by atoms with E-state index in [-0.39, 0.29) is 17.1 Å². The van der Waals surface area contributed by atoms with Crippen molar-refractivity contribution in [2.75, 3.05) is 21.3 Å². The third kappa shape index (κ3) is 56.6. The molecule has 0 amide bonds. The smallest absolute Gasteiger partial charge is 0.726 e. The number of rotatable bonds is 3. The molecule has 119 valence electrons. The Hall–Kier alpha value is 0.129. The van der Waals surface area contributed by atoms with Crippen molar-refractivity contribution in [1.29, 1.82) is 0 Å². The van der Waals surface area contributed by atoms with E-state index >= 15 is 0 Å². The molecule has 0 aliphatic rings. The SMILES string of the molecule is COS(=O)(=O)[O-].COS(=O)(=O)[O-].COS(=O)(=O)[O-].[Fe+3]. The van der Waals surface area contributed by atoms with E-state index in [1.165, 1.54) is 0 Å². The van der Waals surface area contributed by atoms with Crippen molar-refractivity contribution in [3.63, 3.8) is 0 Å². The molecule has 0 spiro atoms. The summed E-state index contributed by atoms with van der Waals surface area (Å²) < 4.78 is 93.1. The van der Waals surface area contributed by atoms with Gasteiger partial charge >= 0.3 is 17.1 Å². The Bertz CT molecular complexity index is 410. The van der Waals surface area contributed by atoms with Crippen molar-refractivity contribution >= 4 is 31.2 Å². The fraction of sp³-hybridized carbons (Fsp3) is 1.00. The van der Waals surface area contributed by atoms with Crippen LogP contribution in [0.1, 0.15) is 0 Å². The van der Waals surface area contributed by atoms with Crippen LogP contribution in [-0.2, 0) is 60.8 Å². The maximum Gasteiger partial charge on any atom is 3.00 e. The average molecular weight is 389 g/mol. The predicted molar refractivity (Wildman–Crippen MR) is 50.1 cm³/mol. The van der Waals surface area contributed by atoms with E-state index in [1.54, 1.807) is 0 Å². The first kappa shape index (κ1) is 27.5. The molecule has 0 fully saturated rings. The zero-order chi connectivity index (χ0) is 15.6. The molecule has 0 heterocycles. The Morgan fingerprint density at radius 3 is 0.632 bits per heavy atom. The van der Waals surface area contributed by atoms with Crippen LogP contribution in [0.3, 0.4) is 0 Å². The summed E-state index contributed by atoms with van der Waals surface area (Å²) in [6.45, 7) is 0. The zero-order valence-corrected chi connectivity index (χ0v) is 13.0. The summed E-state index contributed by atoms with van der Waals surface area (Å²) >= 11 is 0. The third-order valence-electron chi connectivity index (χ3n) is 0.612. The molecule has 0 aromatic heterocycles. The molecule has 0 N–H and O–H groups in total. The van der Waals surface area contributed by atoms with Crippen molar-refractivity contribution in [3.8, 4) is 0 Å². The van der Waals surface area contributed by atoms with E-state index in [1.807, 2.05) is 0 Å². The molecule has 0 bridgehead atoms. The first-order valence-corrected chi connectivity index (χ1v) is 7.22. The van der Waals surface area contributed by atoms with Gasteiger partial charge in [-0.15, -0.1) is 0 Å². The molecular weight excluding hydrogens is 380 g/mol. The van der Waals surface area contributed by atoms with Gasteiger partial charge in [-0.1, -0.05) is 0 Å². The van der Waals surface area contributed by atoms with Gasteiger partial charge in [0.2, 0.25) is 31.2 Å². The van der Waals surface area contributed by atoms with Gasteiger partial charge in [-0.05, 0) is 0 Å². The summed E-state index contributed by atoms with van der Waals surface area (Å²) in [5.74, 6) is 0. The second kappa shape index (κ2) is 11.9. The molecule has 0 aliphatic carbocycles. The maximum absolute atomic E-state index is 9.22.